The molecule has 0 bridgehead atoms. The van der Waals surface area contributed by atoms with Crippen molar-refractivity contribution in [2.24, 2.45) is 0 Å². The van der Waals surface area contributed by atoms with Crippen molar-refractivity contribution in [2.45, 2.75) is 6.18 Å². The first-order valence-electron chi connectivity index (χ1n) is 4.55. The molecule has 0 fully saturated rings. The molecule has 2 rings (SSSR count). The number of rotatable bonds is 2. The Balaban J connectivity index is 2.47. The molecule has 0 N–H and O–H groups in total. The zero-order valence-corrected chi connectivity index (χ0v) is 8.35. The van der Waals surface area contributed by atoms with Crippen LogP contribution in [-0.4, -0.2) is 21.1 Å². The Bertz CT molecular complexity index is 548. The molecule has 0 aromatic carbocycles. The Morgan fingerprint density at radius 2 is 2.12 bits per heavy atom. The Labute approximate surface area is 93.7 Å². The molecule has 2 aromatic rings. The van der Waals surface area contributed by atoms with Gasteiger partial charge in [-0.05, 0) is 12.1 Å². The SMILES string of the molecule is O=Cc1cccnc1-n1cc(C(F)(F)F)cn1. The second kappa shape index (κ2) is 4.00. The quantitative estimate of drug-likeness (QED) is 0.756. The summed E-state index contributed by atoms with van der Waals surface area (Å²) in [5, 5.41) is 3.54. The molecule has 0 saturated carbocycles. The highest BCUT2D eigenvalue weighted by Gasteiger charge is 2.32. The summed E-state index contributed by atoms with van der Waals surface area (Å²) in [6.45, 7) is 0. The first-order chi connectivity index (χ1) is 8.02. The molecule has 17 heavy (non-hydrogen) atoms. The molecule has 7 heteroatoms. The van der Waals surface area contributed by atoms with Gasteiger partial charge in [-0.1, -0.05) is 0 Å². The first kappa shape index (κ1) is 11.3. The fourth-order valence-electron chi connectivity index (χ4n) is 1.28. The maximum Gasteiger partial charge on any atom is 0.419 e. The van der Waals surface area contributed by atoms with Gasteiger partial charge in [-0.25, -0.2) is 9.67 Å². The van der Waals surface area contributed by atoms with Crippen LogP contribution in [0.1, 0.15) is 15.9 Å². The second-order valence-electron chi connectivity index (χ2n) is 3.21. The fraction of sp³-hybridized carbons (Fsp3) is 0.100. The van der Waals surface area contributed by atoms with E-state index in [0.29, 0.717) is 12.5 Å². The zero-order valence-electron chi connectivity index (χ0n) is 8.35. The third-order valence-electron chi connectivity index (χ3n) is 2.07. The van der Waals surface area contributed by atoms with E-state index in [-0.39, 0.29) is 11.4 Å². The third kappa shape index (κ3) is 2.17. The van der Waals surface area contributed by atoms with Crippen molar-refractivity contribution in [1.29, 1.82) is 0 Å². The fourth-order valence-corrected chi connectivity index (χ4v) is 1.28. The van der Waals surface area contributed by atoms with Gasteiger partial charge in [-0.2, -0.15) is 18.3 Å². The molecule has 0 aliphatic heterocycles. The van der Waals surface area contributed by atoms with E-state index < -0.39 is 11.7 Å². The summed E-state index contributed by atoms with van der Waals surface area (Å²) < 4.78 is 38.0. The number of nitrogens with zero attached hydrogens (tertiary/aromatic N) is 3. The molecule has 88 valence electrons. The molecule has 0 atom stereocenters. The van der Waals surface area contributed by atoms with Crippen LogP contribution in [0.25, 0.3) is 5.82 Å². The van der Waals surface area contributed by atoms with Crippen LogP contribution in [0.5, 0.6) is 0 Å². The van der Waals surface area contributed by atoms with Gasteiger partial charge in [0.05, 0.1) is 17.3 Å². The van der Waals surface area contributed by atoms with Crippen LogP contribution >= 0.6 is 0 Å². The van der Waals surface area contributed by atoms with E-state index >= 15 is 0 Å². The highest BCUT2D eigenvalue weighted by molar-refractivity contribution is 5.79. The summed E-state index contributed by atoms with van der Waals surface area (Å²) in [6.07, 6.45) is -1.11. The maximum absolute atomic E-state index is 12.4. The topological polar surface area (TPSA) is 47.8 Å². The molecule has 0 aliphatic carbocycles. The summed E-state index contributed by atoms with van der Waals surface area (Å²) in [7, 11) is 0. The Morgan fingerprint density at radius 1 is 1.35 bits per heavy atom. The number of alkyl halides is 3. The average Bonchev–Trinajstić information content (AvgIpc) is 2.77. The van der Waals surface area contributed by atoms with Gasteiger partial charge in [0.2, 0.25) is 0 Å². The molecule has 0 saturated heterocycles. The van der Waals surface area contributed by atoms with Crippen molar-refractivity contribution in [3.63, 3.8) is 0 Å². The van der Waals surface area contributed by atoms with Crippen LogP contribution in [-0.2, 0) is 6.18 Å². The van der Waals surface area contributed by atoms with Gasteiger partial charge in [0.15, 0.2) is 12.1 Å². The number of halogens is 3. The number of pyridine rings is 1. The first-order valence-corrected chi connectivity index (χ1v) is 4.55. The van der Waals surface area contributed by atoms with Gasteiger partial charge in [-0.15, -0.1) is 0 Å². The van der Waals surface area contributed by atoms with E-state index in [1.54, 1.807) is 0 Å². The number of carbonyl (C=O) groups is 1. The number of aldehydes is 1. The van der Waals surface area contributed by atoms with Crippen LogP contribution in [0.15, 0.2) is 30.7 Å². The van der Waals surface area contributed by atoms with Crippen LogP contribution in [0, 0.1) is 0 Å². The van der Waals surface area contributed by atoms with Crippen molar-refractivity contribution in [2.75, 3.05) is 0 Å². The van der Waals surface area contributed by atoms with Crippen molar-refractivity contribution in [3.8, 4) is 5.82 Å². The van der Waals surface area contributed by atoms with E-state index in [2.05, 4.69) is 10.1 Å². The van der Waals surface area contributed by atoms with Gasteiger partial charge in [0, 0.05) is 12.4 Å². The maximum atomic E-state index is 12.4. The summed E-state index contributed by atoms with van der Waals surface area (Å²) in [6, 6.07) is 2.96. The molecule has 0 aliphatic rings. The van der Waals surface area contributed by atoms with E-state index in [1.165, 1.54) is 18.3 Å². The van der Waals surface area contributed by atoms with Crippen molar-refractivity contribution in [1.82, 2.24) is 14.8 Å². The van der Waals surface area contributed by atoms with Crippen LogP contribution in [0.4, 0.5) is 13.2 Å². The van der Waals surface area contributed by atoms with Crippen molar-refractivity contribution in [3.05, 3.63) is 41.9 Å². The largest absolute Gasteiger partial charge is 0.419 e. The predicted octanol–water partition coefficient (Wildman–Crippen LogP) is 2.10. The molecular formula is C10H6F3N3O. The molecule has 0 unspecified atom stereocenters. The number of hydrogen-bond donors (Lipinski definition) is 0. The summed E-state index contributed by atoms with van der Waals surface area (Å²) in [5.41, 5.74) is -0.718. The lowest BCUT2D eigenvalue weighted by Crippen LogP contribution is -2.04. The third-order valence-corrected chi connectivity index (χ3v) is 2.07. The van der Waals surface area contributed by atoms with E-state index in [4.69, 9.17) is 0 Å². The lowest BCUT2D eigenvalue weighted by atomic mass is 10.3. The molecule has 0 amide bonds. The van der Waals surface area contributed by atoms with E-state index in [9.17, 15) is 18.0 Å². The van der Waals surface area contributed by atoms with Crippen LogP contribution < -0.4 is 0 Å². The predicted molar refractivity (Wildman–Crippen MR) is 51.7 cm³/mol. The molecule has 4 nitrogen and oxygen atoms in total. The second-order valence-corrected chi connectivity index (χ2v) is 3.21. The summed E-state index contributed by atoms with van der Waals surface area (Å²) in [4.78, 5) is 14.5. The molecule has 2 aromatic heterocycles. The lowest BCUT2D eigenvalue weighted by molar-refractivity contribution is -0.137. The lowest BCUT2D eigenvalue weighted by Gasteiger charge is -2.03. The highest BCUT2D eigenvalue weighted by atomic mass is 19.4. The Kier molecular flexibility index (Phi) is 2.66. The molecule has 0 spiro atoms. The highest BCUT2D eigenvalue weighted by Crippen LogP contribution is 2.29. The van der Waals surface area contributed by atoms with Crippen LogP contribution in [0.2, 0.25) is 0 Å². The standard InChI is InChI=1S/C10H6F3N3O/c11-10(12,13)8-4-15-16(5-8)9-7(6-17)2-1-3-14-9/h1-6H. The molecular weight excluding hydrogens is 235 g/mol. The minimum Gasteiger partial charge on any atom is -0.298 e. The monoisotopic (exact) mass is 241 g/mol. The summed E-state index contributed by atoms with van der Waals surface area (Å²) in [5.74, 6) is 0.0676. The van der Waals surface area contributed by atoms with E-state index in [1.807, 2.05) is 0 Å². The summed E-state index contributed by atoms with van der Waals surface area (Å²) >= 11 is 0. The van der Waals surface area contributed by atoms with E-state index in [0.717, 1.165) is 10.9 Å². The Hall–Kier alpha value is -2.18. The minimum atomic E-state index is -4.46. The molecule has 0 radical (unpaired) electrons. The van der Waals surface area contributed by atoms with Crippen molar-refractivity contribution >= 4 is 6.29 Å². The van der Waals surface area contributed by atoms with Crippen molar-refractivity contribution < 1.29 is 18.0 Å². The van der Waals surface area contributed by atoms with Gasteiger partial charge >= 0.3 is 6.18 Å². The number of hydrogen-bond acceptors (Lipinski definition) is 3. The minimum absolute atomic E-state index is 0.0676. The van der Waals surface area contributed by atoms with Gasteiger partial charge in [-0.3, -0.25) is 4.79 Å². The average molecular weight is 241 g/mol. The van der Waals surface area contributed by atoms with Gasteiger partial charge in [0.25, 0.3) is 0 Å². The van der Waals surface area contributed by atoms with Gasteiger partial charge in [0.1, 0.15) is 0 Å². The van der Waals surface area contributed by atoms with Gasteiger partial charge < -0.3 is 0 Å². The Morgan fingerprint density at radius 3 is 2.71 bits per heavy atom. The number of carbonyl (C=O) groups excluding carboxylic acids is 1. The zero-order chi connectivity index (χ0) is 12.5. The molecule has 2 heterocycles. The normalized spacial score (nSPS) is 11.5. The smallest absolute Gasteiger partial charge is 0.298 e. The number of aromatic nitrogens is 3. The van der Waals surface area contributed by atoms with Crippen LogP contribution in [0.3, 0.4) is 0 Å².